The van der Waals surface area contributed by atoms with E-state index in [0.717, 1.165) is 62.0 Å². The van der Waals surface area contributed by atoms with Crippen molar-refractivity contribution < 1.29 is 24.4 Å². The third-order valence-corrected chi connectivity index (χ3v) is 10.5. The van der Waals surface area contributed by atoms with Crippen LogP contribution in [0.2, 0.25) is 10.0 Å². The van der Waals surface area contributed by atoms with Crippen molar-refractivity contribution in [1.29, 1.82) is 0 Å². The third-order valence-electron chi connectivity index (χ3n) is 9.72. The molecule has 2 heterocycles. The Balaban J connectivity index is 1.51. The molecule has 3 amide bonds. The summed E-state index contributed by atoms with van der Waals surface area (Å²) in [5, 5.41) is 17.3. The molecule has 12 nitrogen and oxygen atoms in total. The molecular formula is C37H51Cl2N7O5. The van der Waals surface area contributed by atoms with Crippen LogP contribution in [0.5, 0.6) is 0 Å². The Labute approximate surface area is 311 Å². The second-order valence-electron chi connectivity index (χ2n) is 13.9. The van der Waals surface area contributed by atoms with E-state index in [1.807, 2.05) is 49.1 Å². The van der Waals surface area contributed by atoms with Crippen molar-refractivity contribution >= 4 is 52.5 Å². The fourth-order valence-electron chi connectivity index (χ4n) is 6.99. The van der Waals surface area contributed by atoms with Gasteiger partial charge in [-0.25, -0.2) is 0 Å². The first-order chi connectivity index (χ1) is 24.3. The molecule has 0 bridgehead atoms. The zero-order chi connectivity index (χ0) is 37.2. The summed E-state index contributed by atoms with van der Waals surface area (Å²) in [6, 6.07) is 11.3. The number of carbonyl (C=O) groups excluding carboxylic acids is 3. The molecule has 0 aromatic heterocycles. The van der Waals surface area contributed by atoms with E-state index in [1.165, 1.54) is 0 Å². The summed E-state index contributed by atoms with van der Waals surface area (Å²) in [6.07, 6.45) is 4.22. The van der Waals surface area contributed by atoms with E-state index in [4.69, 9.17) is 39.0 Å². The van der Waals surface area contributed by atoms with Gasteiger partial charge in [0.05, 0.1) is 22.3 Å². The first kappa shape index (κ1) is 39.9. The summed E-state index contributed by atoms with van der Waals surface area (Å²) in [5.41, 5.74) is 9.64. The van der Waals surface area contributed by atoms with Crippen LogP contribution in [0.25, 0.3) is 0 Å². The molecule has 3 N–H and O–H groups in total. The molecule has 0 radical (unpaired) electrons. The quantitative estimate of drug-likeness (QED) is 0.118. The van der Waals surface area contributed by atoms with Crippen LogP contribution < -0.4 is 5.73 Å². The van der Waals surface area contributed by atoms with Gasteiger partial charge in [0, 0.05) is 70.6 Å². The molecule has 2 aliphatic heterocycles. The number of hydrogen-bond donors (Lipinski definition) is 2. The van der Waals surface area contributed by atoms with Gasteiger partial charge >= 0.3 is 0 Å². The molecular weight excluding hydrogens is 693 g/mol. The normalized spacial score (nSPS) is 18.5. The van der Waals surface area contributed by atoms with Gasteiger partial charge in [-0.1, -0.05) is 56.8 Å². The minimum absolute atomic E-state index is 0.0133. The number of amides is 3. The molecule has 0 saturated carbocycles. The minimum Gasteiger partial charge on any atom is -0.409 e. The number of rotatable bonds is 14. The molecule has 2 aromatic carbocycles. The number of piperidine rings is 2. The lowest BCUT2D eigenvalue weighted by Gasteiger charge is -2.42. The lowest BCUT2D eigenvalue weighted by molar-refractivity contribution is -0.146. The highest BCUT2D eigenvalue weighted by Crippen LogP contribution is 2.31. The summed E-state index contributed by atoms with van der Waals surface area (Å²) in [4.78, 5) is 52.5. The van der Waals surface area contributed by atoms with Crippen molar-refractivity contribution in [1.82, 2.24) is 19.6 Å². The van der Waals surface area contributed by atoms with Crippen LogP contribution >= 0.6 is 23.2 Å². The van der Waals surface area contributed by atoms with Crippen molar-refractivity contribution in [3.8, 4) is 0 Å². The highest BCUT2D eigenvalue weighted by molar-refractivity contribution is 6.42. The molecule has 51 heavy (non-hydrogen) atoms. The lowest BCUT2D eigenvalue weighted by Crippen LogP contribution is -2.52. The molecule has 278 valence electrons. The van der Waals surface area contributed by atoms with E-state index in [2.05, 4.69) is 15.2 Å². The second-order valence-corrected chi connectivity index (χ2v) is 14.8. The molecule has 2 saturated heterocycles. The molecule has 0 spiro atoms. The molecule has 2 unspecified atom stereocenters. The van der Waals surface area contributed by atoms with Crippen LogP contribution in [-0.4, -0.2) is 121 Å². The fraction of sp³-hybridized carbons (Fsp3) is 0.541. The highest BCUT2D eigenvalue weighted by atomic mass is 35.5. The third kappa shape index (κ3) is 11.1. The number of oxime groups is 2. The second kappa shape index (κ2) is 18.6. The van der Waals surface area contributed by atoms with E-state index in [9.17, 15) is 14.4 Å². The van der Waals surface area contributed by atoms with Crippen LogP contribution in [-0.2, 0) is 14.4 Å². The topological polar surface area (TPSA) is 144 Å². The van der Waals surface area contributed by atoms with Crippen LogP contribution in [0.3, 0.4) is 0 Å². The maximum atomic E-state index is 13.6. The van der Waals surface area contributed by atoms with Crippen molar-refractivity contribution in [2.24, 2.45) is 22.0 Å². The number of carbonyl (C=O) groups is 3. The van der Waals surface area contributed by atoms with Gasteiger partial charge in [-0.05, 0) is 82.3 Å². The Kier molecular flexibility index (Phi) is 14.5. The first-order valence-electron chi connectivity index (χ1n) is 17.4. The summed E-state index contributed by atoms with van der Waals surface area (Å²) < 4.78 is 0. The number of nitrogens with two attached hydrogens (primary N) is 1. The van der Waals surface area contributed by atoms with Crippen LogP contribution in [0.4, 0.5) is 0 Å². The highest BCUT2D eigenvalue weighted by Gasteiger charge is 2.36. The predicted octanol–water partition coefficient (Wildman–Crippen LogP) is 5.16. The zero-order valence-electron chi connectivity index (χ0n) is 30.3. The molecule has 2 aromatic rings. The number of hydrogen-bond acceptors (Lipinski definition) is 8. The summed E-state index contributed by atoms with van der Waals surface area (Å²) in [5.74, 6) is -0.797. The number of amidine groups is 1. The van der Waals surface area contributed by atoms with Crippen LogP contribution in [0.1, 0.15) is 71.5 Å². The smallest absolute Gasteiger partial charge is 0.253 e. The minimum atomic E-state index is -0.321. The molecule has 2 aliphatic rings. The van der Waals surface area contributed by atoms with Crippen molar-refractivity contribution in [3.63, 3.8) is 0 Å². The van der Waals surface area contributed by atoms with Crippen molar-refractivity contribution in [2.45, 2.75) is 64.3 Å². The number of aryl methyl sites for hydroxylation is 2. The molecule has 14 heteroatoms. The summed E-state index contributed by atoms with van der Waals surface area (Å²) in [7, 11) is 5.17. The average Bonchev–Trinajstić information content (AvgIpc) is 3.09. The van der Waals surface area contributed by atoms with Gasteiger partial charge < -0.3 is 35.4 Å². The Morgan fingerprint density at radius 1 is 1.02 bits per heavy atom. The lowest BCUT2D eigenvalue weighted by atomic mass is 9.89. The first-order valence-corrected chi connectivity index (χ1v) is 18.2. The number of likely N-dealkylation sites (tertiary alicyclic amines) is 2. The molecule has 2 atom stereocenters. The SMILES string of the molecule is Cc1cc(C)cc(C(=O)N(C)C/C(=N\OC/C(N)=N/O)C(CCN2CCC(N3CCCC(CC(=O)N(C)C)C3=O)CC2)c2ccc(Cl)c(Cl)c2)c1. The molecule has 2 fully saturated rings. The van der Waals surface area contributed by atoms with Crippen LogP contribution in [0.15, 0.2) is 46.7 Å². The van der Waals surface area contributed by atoms with Gasteiger partial charge in [-0.15, -0.1) is 0 Å². The average molecular weight is 745 g/mol. The number of halogens is 2. The van der Waals surface area contributed by atoms with E-state index in [-0.39, 0.29) is 61.0 Å². The maximum absolute atomic E-state index is 13.6. The standard InChI is InChI=1S/C37H51Cl2N7O5/c1-24-17-25(2)19-28(18-24)36(48)44(5)22-33(42-51-23-34(40)41-50)30(26-8-9-31(38)32(39)20-26)12-16-45-14-10-29(11-15-45)46-13-6-7-27(37(46)49)21-35(47)43(3)4/h8-9,17-20,27,29-30,50H,6-7,10-16,21-23H2,1-5H3,(H2,40,41)/b42-33+. The van der Waals surface area contributed by atoms with Gasteiger partial charge in [-0.3, -0.25) is 14.4 Å². The van der Waals surface area contributed by atoms with Gasteiger partial charge in [0.1, 0.15) is 0 Å². The van der Waals surface area contributed by atoms with E-state index in [1.54, 1.807) is 37.0 Å². The Morgan fingerprint density at radius 3 is 2.33 bits per heavy atom. The maximum Gasteiger partial charge on any atom is 0.253 e. The monoisotopic (exact) mass is 743 g/mol. The number of benzene rings is 2. The van der Waals surface area contributed by atoms with Crippen LogP contribution in [0, 0.1) is 19.8 Å². The van der Waals surface area contributed by atoms with Gasteiger partial charge in [0.2, 0.25) is 11.8 Å². The van der Waals surface area contributed by atoms with Crippen molar-refractivity contribution in [3.05, 3.63) is 68.7 Å². The zero-order valence-corrected chi connectivity index (χ0v) is 31.8. The van der Waals surface area contributed by atoms with Gasteiger partial charge in [0.25, 0.3) is 5.91 Å². The Morgan fingerprint density at radius 2 is 1.71 bits per heavy atom. The fourth-order valence-corrected chi connectivity index (χ4v) is 7.30. The van der Waals surface area contributed by atoms with Gasteiger partial charge in [0.15, 0.2) is 12.4 Å². The molecule has 0 aliphatic carbocycles. The largest absolute Gasteiger partial charge is 0.409 e. The summed E-state index contributed by atoms with van der Waals surface area (Å²) in [6.45, 7) is 6.86. The summed E-state index contributed by atoms with van der Waals surface area (Å²) >= 11 is 12.8. The number of nitrogens with zero attached hydrogens (tertiary/aromatic N) is 6. The Hall–Kier alpha value is -3.87. The Bertz CT molecular complexity index is 1590. The van der Waals surface area contributed by atoms with Gasteiger partial charge in [-0.2, -0.15) is 0 Å². The van der Waals surface area contributed by atoms with E-state index < -0.39 is 0 Å². The van der Waals surface area contributed by atoms with E-state index in [0.29, 0.717) is 34.3 Å². The molecule has 4 rings (SSSR count). The van der Waals surface area contributed by atoms with Crippen molar-refractivity contribution in [2.75, 3.05) is 60.5 Å². The van der Waals surface area contributed by atoms with E-state index >= 15 is 0 Å². The predicted molar refractivity (Wildman–Crippen MR) is 201 cm³/mol.